The molecule has 0 unspecified atom stereocenters. The van der Waals surface area contributed by atoms with Crippen LogP contribution in [0, 0.1) is 0 Å². The topological polar surface area (TPSA) is 0 Å². The molecule has 0 heteroatoms. The first kappa shape index (κ1) is 10.7. The second-order valence-electron chi connectivity index (χ2n) is 6.04. The molecule has 0 radical (unpaired) electrons. The number of hydrogen-bond acceptors (Lipinski definition) is 0. The Hall–Kier alpha value is -2.08. The smallest absolute Gasteiger partial charge is 0.00267 e. The highest BCUT2D eigenvalue weighted by molar-refractivity contribution is 6.21. The predicted molar refractivity (Wildman–Crippen MR) is 86.7 cm³/mol. The second kappa shape index (κ2) is 3.73. The van der Waals surface area contributed by atoms with E-state index in [1.165, 1.54) is 58.4 Å². The molecule has 2 aliphatic rings. The van der Waals surface area contributed by atoms with Crippen LogP contribution >= 0.6 is 0 Å². The number of fused-ring (bicyclic) bond motifs is 4. The maximum atomic E-state index is 2.43. The third-order valence-electron chi connectivity index (χ3n) is 5.00. The zero-order valence-corrected chi connectivity index (χ0v) is 11.4. The molecule has 0 atom stereocenters. The van der Waals surface area contributed by atoms with Crippen LogP contribution in [0.1, 0.15) is 36.8 Å². The molecular weight excluding hydrogens is 240 g/mol. The van der Waals surface area contributed by atoms with Crippen molar-refractivity contribution in [2.24, 2.45) is 0 Å². The Labute approximate surface area is 118 Å². The summed E-state index contributed by atoms with van der Waals surface area (Å²) in [5.41, 5.74) is 6.29. The van der Waals surface area contributed by atoms with Gasteiger partial charge >= 0.3 is 0 Å². The second-order valence-corrected chi connectivity index (χ2v) is 6.04. The normalized spacial score (nSPS) is 17.0. The van der Waals surface area contributed by atoms with Crippen molar-refractivity contribution in [1.29, 1.82) is 0 Å². The molecule has 0 amide bonds. The van der Waals surface area contributed by atoms with Crippen LogP contribution < -0.4 is 0 Å². The lowest BCUT2D eigenvalue weighted by molar-refractivity contribution is 0.756. The Morgan fingerprint density at radius 3 is 2.30 bits per heavy atom. The van der Waals surface area contributed by atoms with Crippen LogP contribution in [-0.2, 0) is 0 Å². The Kier molecular flexibility index (Phi) is 1.99. The molecule has 2 aliphatic carbocycles. The molecule has 3 aromatic carbocycles. The van der Waals surface area contributed by atoms with Crippen molar-refractivity contribution >= 4 is 32.7 Å². The van der Waals surface area contributed by atoms with Gasteiger partial charge in [-0.2, -0.15) is 0 Å². The molecule has 20 heavy (non-hydrogen) atoms. The standard InChI is InChI=1S/C20H16/c1-2-7-14-13(6-1)12-19-16-9-4-3-8-15(16)18-11-5-10-17(14)20(18)19/h1-2,5-7,10-12H,3-4,8-9H2. The van der Waals surface area contributed by atoms with Gasteiger partial charge in [0.1, 0.15) is 0 Å². The quantitative estimate of drug-likeness (QED) is 0.446. The molecule has 0 saturated carbocycles. The average Bonchev–Trinajstić information content (AvgIpc) is 2.84. The Morgan fingerprint density at radius 1 is 0.650 bits per heavy atom. The number of benzene rings is 3. The maximum absolute atomic E-state index is 2.43. The third-order valence-corrected chi connectivity index (χ3v) is 5.00. The summed E-state index contributed by atoms with van der Waals surface area (Å²) in [5, 5.41) is 5.72. The van der Waals surface area contributed by atoms with Crippen molar-refractivity contribution in [2.45, 2.75) is 25.7 Å². The molecule has 0 nitrogen and oxygen atoms in total. The van der Waals surface area contributed by atoms with Gasteiger partial charge in [0, 0.05) is 0 Å². The summed E-state index contributed by atoms with van der Waals surface area (Å²) in [7, 11) is 0. The van der Waals surface area contributed by atoms with E-state index in [4.69, 9.17) is 0 Å². The molecular formula is C20H16. The van der Waals surface area contributed by atoms with Gasteiger partial charge in [-0.3, -0.25) is 0 Å². The van der Waals surface area contributed by atoms with E-state index in [-0.39, 0.29) is 0 Å². The molecule has 0 N–H and O–H groups in total. The van der Waals surface area contributed by atoms with E-state index in [0.29, 0.717) is 0 Å². The summed E-state index contributed by atoms with van der Waals surface area (Å²) in [4.78, 5) is 0. The van der Waals surface area contributed by atoms with E-state index in [0.717, 1.165) is 0 Å². The number of hydrogen-bond donors (Lipinski definition) is 0. The van der Waals surface area contributed by atoms with Crippen molar-refractivity contribution < 1.29 is 0 Å². The molecule has 0 saturated heterocycles. The first-order chi connectivity index (χ1) is 9.93. The van der Waals surface area contributed by atoms with Gasteiger partial charge in [0.2, 0.25) is 0 Å². The molecule has 0 bridgehead atoms. The van der Waals surface area contributed by atoms with Gasteiger partial charge in [0.15, 0.2) is 0 Å². The van der Waals surface area contributed by atoms with E-state index >= 15 is 0 Å². The SMILES string of the molecule is c1ccc2c(c1)cc1c3c(cccc32)C2=C1CCCC2. The molecule has 0 aromatic heterocycles. The Morgan fingerprint density at radius 2 is 1.40 bits per heavy atom. The van der Waals surface area contributed by atoms with Crippen LogP contribution in [0.3, 0.4) is 0 Å². The lowest BCUT2D eigenvalue weighted by atomic mass is 9.90. The van der Waals surface area contributed by atoms with E-state index in [2.05, 4.69) is 48.5 Å². The van der Waals surface area contributed by atoms with Crippen LogP contribution in [0.2, 0.25) is 0 Å². The minimum atomic E-state index is 1.26. The van der Waals surface area contributed by atoms with Crippen LogP contribution in [0.25, 0.3) is 32.7 Å². The van der Waals surface area contributed by atoms with E-state index in [1.54, 1.807) is 11.1 Å². The van der Waals surface area contributed by atoms with Gasteiger partial charge in [-0.15, -0.1) is 0 Å². The van der Waals surface area contributed by atoms with Gasteiger partial charge < -0.3 is 0 Å². The molecule has 5 rings (SSSR count). The predicted octanol–water partition coefficient (Wildman–Crippen LogP) is 5.79. The van der Waals surface area contributed by atoms with Gasteiger partial charge in [0.25, 0.3) is 0 Å². The van der Waals surface area contributed by atoms with Crippen molar-refractivity contribution in [1.82, 2.24) is 0 Å². The summed E-state index contributed by atoms with van der Waals surface area (Å²) in [6.07, 6.45) is 5.22. The molecule has 0 fully saturated rings. The van der Waals surface area contributed by atoms with Crippen LogP contribution in [-0.4, -0.2) is 0 Å². The van der Waals surface area contributed by atoms with Gasteiger partial charge in [0.05, 0.1) is 0 Å². The summed E-state index contributed by atoms with van der Waals surface area (Å²) in [5.74, 6) is 0. The van der Waals surface area contributed by atoms with Crippen LogP contribution in [0.4, 0.5) is 0 Å². The highest BCUT2D eigenvalue weighted by Crippen LogP contribution is 2.49. The molecule has 96 valence electrons. The molecule has 0 spiro atoms. The maximum Gasteiger partial charge on any atom is -0.00267 e. The fourth-order valence-corrected chi connectivity index (χ4v) is 4.15. The van der Waals surface area contributed by atoms with Crippen molar-refractivity contribution in [3.8, 4) is 0 Å². The molecule has 3 aromatic rings. The average molecular weight is 256 g/mol. The van der Waals surface area contributed by atoms with E-state index in [9.17, 15) is 0 Å². The summed E-state index contributed by atoms with van der Waals surface area (Å²) < 4.78 is 0. The van der Waals surface area contributed by atoms with Crippen molar-refractivity contribution in [2.75, 3.05) is 0 Å². The molecule has 0 aliphatic heterocycles. The van der Waals surface area contributed by atoms with E-state index in [1.807, 2.05) is 0 Å². The van der Waals surface area contributed by atoms with Gasteiger partial charge in [-0.1, -0.05) is 42.5 Å². The lowest BCUT2D eigenvalue weighted by Gasteiger charge is -2.15. The fraction of sp³-hybridized carbons (Fsp3) is 0.200. The minimum absolute atomic E-state index is 1.26. The number of allylic oxidation sites excluding steroid dienone is 2. The minimum Gasteiger partial charge on any atom is -0.0616 e. The van der Waals surface area contributed by atoms with Crippen molar-refractivity contribution in [3.05, 3.63) is 59.7 Å². The van der Waals surface area contributed by atoms with E-state index < -0.39 is 0 Å². The third kappa shape index (κ3) is 1.22. The zero-order valence-electron chi connectivity index (χ0n) is 11.4. The van der Waals surface area contributed by atoms with Gasteiger partial charge in [-0.25, -0.2) is 0 Å². The fourth-order valence-electron chi connectivity index (χ4n) is 4.15. The lowest BCUT2D eigenvalue weighted by Crippen LogP contribution is -1.93. The highest BCUT2D eigenvalue weighted by Gasteiger charge is 2.26. The first-order valence-corrected chi connectivity index (χ1v) is 7.61. The summed E-state index contributed by atoms with van der Waals surface area (Å²) >= 11 is 0. The van der Waals surface area contributed by atoms with Crippen LogP contribution in [0.15, 0.2) is 48.5 Å². The van der Waals surface area contributed by atoms with Crippen LogP contribution in [0.5, 0.6) is 0 Å². The van der Waals surface area contributed by atoms with Crippen molar-refractivity contribution in [3.63, 3.8) is 0 Å². The largest absolute Gasteiger partial charge is 0.0616 e. The Balaban J connectivity index is 2.02. The highest BCUT2D eigenvalue weighted by atomic mass is 14.3. The monoisotopic (exact) mass is 256 g/mol. The number of rotatable bonds is 0. The zero-order chi connectivity index (χ0) is 13.1. The Bertz CT molecular complexity index is 896. The first-order valence-electron chi connectivity index (χ1n) is 7.61. The molecule has 0 heterocycles. The summed E-state index contributed by atoms with van der Waals surface area (Å²) in [6.45, 7) is 0. The summed E-state index contributed by atoms with van der Waals surface area (Å²) in [6, 6.07) is 18.1. The van der Waals surface area contributed by atoms with Gasteiger partial charge in [-0.05, 0) is 75.6 Å².